The van der Waals surface area contributed by atoms with Crippen LogP contribution in [0.1, 0.15) is 19.4 Å². The Labute approximate surface area is 101 Å². The van der Waals surface area contributed by atoms with Gasteiger partial charge in [0.15, 0.2) is 0 Å². The van der Waals surface area contributed by atoms with E-state index in [1.54, 1.807) is 38.1 Å². The summed E-state index contributed by atoms with van der Waals surface area (Å²) in [6, 6.07) is 6.69. The highest BCUT2D eigenvalue weighted by molar-refractivity contribution is 5.72. The molecule has 94 valence electrons. The first kappa shape index (κ1) is 13.5. The summed E-state index contributed by atoms with van der Waals surface area (Å²) in [5, 5.41) is 0. The maximum Gasteiger partial charge on any atom is 0.312 e. The Hall–Kier alpha value is -1.58. The van der Waals surface area contributed by atoms with Crippen molar-refractivity contribution in [2.45, 2.75) is 26.6 Å². The first-order chi connectivity index (χ1) is 8.08. The van der Waals surface area contributed by atoms with Crippen molar-refractivity contribution in [3.05, 3.63) is 29.8 Å². The first-order valence-corrected chi connectivity index (χ1v) is 5.48. The van der Waals surface area contributed by atoms with Crippen molar-refractivity contribution < 1.29 is 18.7 Å². The lowest BCUT2D eigenvalue weighted by Gasteiger charge is -2.19. The van der Waals surface area contributed by atoms with E-state index < -0.39 is 6.67 Å². The number of benzene rings is 1. The highest BCUT2D eigenvalue weighted by atomic mass is 19.1. The van der Waals surface area contributed by atoms with Gasteiger partial charge in [0.1, 0.15) is 18.5 Å². The van der Waals surface area contributed by atoms with Crippen molar-refractivity contribution in [1.82, 2.24) is 0 Å². The van der Waals surface area contributed by atoms with Gasteiger partial charge in [-0.25, -0.2) is 4.39 Å². The SMILES string of the molecule is COC(=O)[C@H](C)[C@@H](C)Oc1ccc(CF)cc1. The van der Waals surface area contributed by atoms with Gasteiger partial charge in [-0.2, -0.15) is 0 Å². The molecule has 0 heterocycles. The fraction of sp³-hybridized carbons (Fsp3) is 0.462. The second-order valence-electron chi connectivity index (χ2n) is 3.91. The van der Waals surface area contributed by atoms with Crippen LogP contribution in [0.4, 0.5) is 4.39 Å². The van der Waals surface area contributed by atoms with E-state index in [-0.39, 0.29) is 18.0 Å². The number of carbonyl (C=O) groups excluding carboxylic acids is 1. The Balaban J connectivity index is 2.60. The van der Waals surface area contributed by atoms with Crippen LogP contribution in [0.25, 0.3) is 0 Å². The van der Waals surface area contributed by atoms with E-state index in [0.717, 1.165) is 0 Å². The fourth-order valence-corrected chi connectivity index (χ4v) is 1.35. The van der Waals surface area contributed by atoms with Gasteiger partial charge in [-0.3, -0.25) is 4.79 Å². The van der Waals surface area contributed by atoms with E-state index in [2.05, 4.69) is 4.74 Å². The van der Waals surface area contributed by atoms with Crippen molar-refractivity contribution in [2.75, 3.05) is 7.11 Å². The van der Waals surface area contributed by atoms with Crippen molar-refractivity contribution in [1.29, 1.82) is 0 Å². The van der Waals surface area contributed by atoms with Gasteiger partial charge in [-0.15, -0.1) is 0 Å². The summed E-state index contributed by atoms with van der Waals surface area (Å²) < 4.78 is 22.5. The highest BCUT2D eigenvalue weighted by Gasteiger charge is 2.22. The summed E-state index contributed by atoms with van der Waals surface area (Å²) in [6.07, 6.45) is -0.293. The summed E-state index contributed by atoms with van der Waals surface area (Å²) in [7, 11) is 1.35. The van der Waals surface area contributed by atoms with Crippen LogP contribution in [-0.4, -0.2) is 19.2 Å². The molecule has 17 heavy (non-hydrogen) atoms. The standard InChI is InChI=1S/C13H17FO3/c1-9(13(15)16-3)10(2)17-12-6-4-11(8-14)5-7-12/h4-7,9-10H,8H2,1-3H3/t9-,10-/m1/s1. The van der Waals surface area contributed by atoms with Crippen molar-refractivity contribution in [2.24, 2.45) is 5.92 Å². The number of esters is 1. The van der Waals surface area contributed by atoms with E-state index in [1.807, 2.05) is 0 Å². The molecule has 0 aliphatic carbocycles. The van der Waals surface area contributed by atoms with E-state index in [9.17, 15) is 9.18 Å². The molecule has 1 aromatic rings. The molecule has 2 atom stereocenters. The van der Waals surface area contributed by atoms with E-state index >= 15 is 0 Å². The van der Waals surface area contributed by atoms with Crippen LogP contribution >= 0.6 is 0 Å². The number of halogens is 1. The maximum absolute atomic E-state index is 12.3. The van der Waals surface area contributed by atoms with Gasteiger partial charge in [0.25, 0.3) is 0 Å². The van der Waals surface area contributed by atoms with Gasteiger partial charge in [0, 0.05) is 0 Å². The minimum atomic E-state index is -0.492. The van der Waals surface area contributed by atoms with Crippen LogP contribution in [-0.2, 0) is 16.2 Å². The molecule has 0 fully saturated rings. The Morgan fingerprint density at radius 1 is 1.29 bits per heavy atom. The van der Waals surface area contributed by atoms with E-state index in [0.29, 0.717) is 11.3 Å². The molecule has 0 unspecified atom stereocenters. The monoisotopic (exact) mass is 240 g/mol. The number of rotatable bonds is 5. The van der Waals surface area contributed by atoms with E-state index in [4.69, 9.17) is 4.74 Å². The largest absolute Gasteiger partial charge is 0.490 e. The summed E-state index contributed by atoms with van der Waals surface area (Å²) in [4.78, 5) is 11.3. The molecule has 0 saturated heterocycles. The lowest BCUT2D eigenvalue weighted by molar-refractivity contribution is -0.147. The van der Waals surface area contributed by atoms with Crippen LogP contribution in [0.2, 0.25) is 0 Å². The van der Waals surface area contributed by atoms with Crippen LogP contribution in [0.3, 0.4) is 0 Å². The zero-order chi connectivity index (χ0) is 12.8. The first-order valence-electron chi connectivity index (χ1n) is 5.48. The predicted molar refractivity (Wildman–Crippen MR) is 62.5 cm³/mol. The number of hydrogen-bond donors (Lipinski definition) is 0. The molecule has 0 aliphatic heterocycles. The molecule has 1 aromatic carbocycles. The highest BCUT2D eigenvalue weighted by Crippen LogP contribution is 2.17. The maximum atomic E-state index is 12.3. The lowest BCUT2D eigenvalue weighted by atomic mass is 10.1. The van der Waals surface area contributed by atoms with Gasteiger partial charge in [0.2, 0.25) is 0 Å². The van der Waals surface area contributed by atoms with Crippen LogP contribution in [0.15, 0.2) is 24.3 Å². The second-order valence-corrected chi connectivity index (χ2v) is 3.91. The van der Waals surface area contributed by atoms with Gasteiger partial charge in [-0.1, -0.05) is 12.1 Å². The lowest BCUT2D eigenvalue weighted by Crippen LogP contribution is -2.29. The number of alkyl halides is 1. The zero-order valence-corrected chi connectivity index (χ0v) is 10.3. The normalized spacial score (nSPS) is 13.9. The molecular weight excluding hydrogens is 223 g/mol. The molecule has 0 aliphatic rings. The van der Waals surface area contributed by atoms with Crippen LogP contribution in [0.5, 0.6) is 5.75 Å². The quantitative estimate of drug-likeness (QED) is 0.742. The van der Waals surface area contributed by atoms with Crippen molar-refractivity contribution in [3.63, 3.8) is 0 Å². The summed E-state index contributed by atoms with van der Waals surface area (Å²) >= 11 is 0. The van der Waals surface area contributed by atoms with Crippen LogP contribution < -0.4 is 4.74 Å². The molecule has 3 nitrogen and oxygen atoms in total. The molecule has 0 bridgehead atoms. The molecule has 0 spiro atoms. The molecule has 4 heteroatoms. The minimum Gasteiger partial charge on any atom is -0.490 e. The molecule has 0 saturated carbocycles. The molecule has 0 aromatic heterocycles. The van der Waals surface area contributed by atoms with Crippen molar-refractivity contribution in [3.8, 4) is 5.75 Å². The minimum absolute atomic E-state index is 0.293. The van der Waals surface area contributed by atoms with E-state index in [1.165, 1.54) is 7.11 Å². The molecule has 0 amide bonds. The van der Waals surface area contributed by atoms with Crippen LogP contribution in [0, 0.1) is 5.92 Å². The molecule has 1 rings (SSSR count). The molecule has 0 N–H and O–H groups in total. The van der Waals surface area contributed by atoms with Gasteiger partial charge in [-0.05, 0) is 31.5 Å². The average molecular weight is 240 g/mol. The second kappa shape index (κ2) is 6.23. The number of methoxy groups -OCH3 is 1. The third kappa shape index (κ3) is 3.73. The molecular formula is C13H17FO3. The fourth-order valence-electron chi connectivity index (χ4n) is 1.35. The number of ether oxygens (including phenoxy) is 2. The predicted octanol–water partition coefficient (Wildman–Crippen LogP) is 2.73. The topological polar surface area (TPSA) is 35.5 Å². The Kier molecular flexibility index (Phi) is 4.94. The Morgan fingerprint density at radius 3 is 2.35 bits per heavy atom. The number of carbonyl (C=O) groups is 1. The Bertz CT molecular complexity index is 361. The van der Waals surface area contributed by atoms with Gasteiger partial charge >= 0.3 is 5.97 Å². The van der Waals surface area contributed by atoms with Crippen molar-refractivity contribution >= 4 is 5.97 Å². The third-order valence-electron chi connectivity index (χ3n) is 2.68. The average Bonchev–Trinajstić information content (AvgIpc) is 2.37. The van der Waals surface area contributed by atoms with Gasteiger partial charge < -0.3 is 9.47 Å². The number of hydrogen-bond acceptors (Lipinski definition) is 3. The summed E-state index contributed by atoms with van der Waals surface area (Å²) in [6.45, 7) is 3.05. The third-order valence-corrected chi connectivity index (χ3v) is 2.68. The Morgan fingerprint density at radius 2 is 1.88 bits per heavy atom. The summed E-state index contributed by atoms with van der Waals surface area (Å²) in [5.41, 5.74) is 0.603. The van der Waals surface area contributed by atoms with Gasteiger partial charge in [0.05, 0.1) is 13.0 Å². The smallest absolute Gasteiger partial charge is 0.312 e. The molecule has 0 radical (unpaired) electrons. The summed E-state index contributed by atoms with van der Waals surface area (Å²) in [5.74, 6) is -0.0378. The zero-order valence-electron chi connectivity index (χ0n) is 10.3.